The van der Waals surface area contributed by atoms with Gasteiger partial charge in [0.05, 0.1) is 12.6 Å². The van der Waals surface area contributed by atoms with E-state index in [9.17, 15) is 14.7 Å². The lowest BCUT2D eigenvalue weighted by atomic mass is 10.1. The third kappa shape index (κ3) is 4.45. The van der Waals surface area contributed by atoms with E-state index in [4.69, 9.17) is 11.5 Å². The highest BCUT2D eigenvalue weighted by molar-refractivity contribution is 5.80. The van der Waals surface area contributed by atoms with Crippen LogP contribution in [0, 0.1) is 12.3 Å². The maximum absolute atomic E-state index is 12.3. The van der Waals surface area contributed by atoms with Gasteiger partial charge >= 0.3 is 12.0 Å². The number of aliphatic hydroxyl groups excluding tert-OH is 1. The molecular formula is C13H20N2O4. The molecule has 2 atom stereocenters. The van der Waals surface area contributed by atoms with Gasteiger partial charge in [-0.3, -0.25) is 4.79 Å². The molecule has 1 fully saturated rings. The number of carboxylic acid groups (broad SMARTS) is 1. The molecule has 0 bridgehead atoms. The molecular weight excluding hydrogens is 248 g/mol. The van der Waals surface area contributed by atoms with Crippen LogP contribution in [0.5, 0.6) is 0 Å². The predicted octanol–water partition coefficient (Wildman–Crippen LogP) is 0.362. The number of urea groups is 1. The Kier molecular flexibility index (Phi) is 5.64. The van der Waals surface area contributed by atoms with Crippen molar-refractivity contribution in [3.63, 3.8) is 0 Å². The Labute approximate surface area is 113 Å². The molecule has 106 valence electrons. The molecule has 0 aromatic heterocycles. The lowest BCUT2D eigenvalue weighted by Crippen LogP contribution is -2.48. The van der Waals surface area contributed by atoms with Gasteiger partial charge in [-0.05, 0) is 26.2 Å². The van der Waals surface area contributed by atoms with Crippen LogP contribution in [0.25, 0.3) is 0 Å². The van der Waals surface area contributed by atoms with E-state index in [-0.39, 0.29) is 18.6 Å². The van der Waals surface area contributed by atoms with Crippen molar-refractivity contribution in [3.05, 3.63) is 0 Å². The van der Waals surface area contributed by atoms with Gasteiger partial charge < -0.3 is 20.0 Å². The molecule has 19 heavy (non-hydrogen) atoms. The molecule has 0 saturated carbocycles. The molecule has 1 heterocycles. The summed E-state index contributed by atoms with van der Waals surface area (Å²) in [5, 5.41) is 18.2. The smallest absolute Gasteiger partial charge is 0.323 e. The molecule has 1 saturated heterocycles. The normalized spacial score (nSPS) is 19.8. The summed E-state index contributed by atoms with van der Waals surface area (Å²) in [5.74, 6) is 1.21. The third-order valence-corrected chi connectivity index (χ3v) is 3.11. The molecule has 0 aromatic rings. The van der Waals surface area contributed by atoms with Gasteiger partial charge in [0, 0.05) is 12.6 Å². The van der Waals surface area contributed by atoms with Crippen LogP contribution in [0.15, 0.2) is 0 Å². The summed E-state index contributed by atoms with van der Waals surface area (Å²) in [7, 11) is 0. The summed E-state index contributed by atoms with van der Waals surface area (Å²) in [5.41, 5.74) is 0. The van der Waals surface area contributed by atoms with E-state index >= 15 is 0 Å². The van der Waals surface area contributed by atoms with Crippen LogP contribution in [0.4, 0.5) is 4.79 Å². The van der Waals surface area contributed by atoms with Crippen LogP contribution in [0.3, 0.4) is 0 Å². The van der Waals surface area contributed by atoms with E-state index in [1.165, 1.54) is 0 Å². The Hall–Kier alpha value is -1.74. The summed E-state index contributed by atoms with van der Waals surface area (Å²) in [4.78, 5) is 25.8. The second-order valence-electron chi connectivity index (χ2n) is 4.81. The van der Waals surface area contributed by atoms with Gasteiger partial charge in [-0.15, -0.1) is 6.42 Å². The molecule has 1 rings (SSSR count). The molecule has 2 unspecified atom stereocenters. The molecule has 0 spiro atoms. The number of aliphatic hydroxyl groups is 1. The molecule has 0 aliphatic carbocycles. The van der Waals surface area contributed by atoms with Gasteiger partial charge in [0.25, 0.3) is 0 Å². The van der Waals surface area contributed by atoms with Crippen molar-refractivity contribution < 1.29 is 19.8 Å². The van der Waals surface area contributed by atoms with E-state index in [1.54, 1.807) is 11.8 Å². The summed E-state index contributed by atoms with van der Waals surface area (Å²) < 4.78 is 0. The van der Waals surface area contributed by atoms with E-state index < -0.39 is 18.6 Å². The number of terminal acetylenes is 1. The predicted molar refractivity (Wildman–Crippen MR) is 69.5 cm³/mol. The highest BCUT2D eigenvalue weighted by atomic mass is 16.4. The minimum Gasteiger partial charge on any atom is -0.480 e. The molecule has 1 aliphatic rings. The number of likely N-dealkylation sites (tertiary alicyclic amines) is 1. The number of carboxylic acids is 1. The SMILES string of the molecule is C#CCN(CC(=O)O)C(=O)N1CCCC1CC(C)O. The fraction of sp³-hybridized carbons (Fsp3) is 0.692. The number of rotatable bonds is 5. The summed E-state index contributed by atoms with van der Waals surface area (Å²) in [6.07, 6.45) is 6.87. The average Bonchev–Trinajstić information content (AvgIpc) is 2.74. The molecule has 0 radical (unpaired) electrons. The number of hydrogen-bond donors (Lipinski definition) is 2. The topological polar surface area (TPSA) is 81.1 Å². The summed E-state index contributed by atoms with van der Waals surface area (Å²) in [6.45, 7) is 1.83. The first kappa shape index (κ1) is 15.3. The van der Waals surface area contributed by atoms with Crippen LogP contribution >= 0.6 is 0 Å². The third-order valence-electron chi connectivity index (χ3n) is 3.11. The van der Waals surface area contributed by atoms with Crippen LogP contribution in [-0.4, -0.2) is 63.8 Å². The Morgan fingerprint density at radius 1 is 1.58 bits per heavy atom. The zero-order chi connectivity index (χ0) is 14.4. The van der Waals surface area contributed by atoms with Gasteiger partial charge in [-0.25, -0.2) is 4.79 Å². The second-order valence-corrected chi connectivity index (χ2v) is 4.81. The van der Waals surface area contributed by atoms with E-state index in [2.05, 4.69) is 5.92 Å². The standard InChI is InChI=1S/C13H20N2O4/c1-3-6-14(9-12(17)18)13(19)15-7-4-5-11(15)8-10(2)16/h1,10-11,16H,4-9H2,2H3,(H,17,18). The Morgan fingerprint density at radius 2 is 2.26 bits per heavy atom. The number of carbonyl (C=O) groups excluding carboxylic acids is 1. The van der Waals surface area contributed by atoms with Crippen LogP contribution in [0.2, 0.25) is 0 Å². The minimum atomic E-state index is -1.09. The number of carbonyl (C=O) groups is 2. The highest BCUT2D eigenvalue weighted by Gasteiger charge is 2.32. The van der Waals surface area contributed by atoms with Crippen molar-refractivity contribution in [3.8, 4) is 12.3 Å². The quantitative estimate of drug-likeness (QED) is 0.705. The number of aliphatic carboxylic acids is 1. The zero-order valence-electron chi connectivity index (χ0n) is 11.1. The zero-order valence-corrected chi connectivity index (χ0v) is 11.1. The largest absolute Gasteiger partial charge is 0.480 e. The highest BCUT2D eigenvalue weighted by Crippen LogP contribution is 2.22. The maximum Gasteiger partial charge on any atom is 0.323 e. The average molecular weight is 268 g/mol. The lowest BCUT2D eigenvalue weighted by Gasteiger charge is -2.30. The van der Waals surface area contributed by atoms with E-state index in [1.807, 2.05) is 0 Å². The van der Waals surface area contributed by atoms with Crippen molar-refractivity contribution >= 4 is 12.0 Å². The Bertz CT molecular complexity index is 375. The number of hydrogen-bond acceptors (Lipinski definition) is 3. The van der Waals surface area contributed by atoms with Gasteiger partial charge in [0.2, 0.25) is 0 Å². The molecule has 2 amide bonds. The van der Waals surface area contributed by atoms with Crippen LogP contribution < -0.4 is 0 Å². The maximum atomic E-state index is 12.3. The molecule has 2 N–H and O–H groups in total. The molecule has 6 heteroatoms. The van der Waals surface area contributed by atoms with E-state index in [0.717, 1.165) is 17.7 Å². The van der Waals surface area contributed by atoms with Crippen LogP contribution in [0.1, 0.15) is 26.2 Å². The number of amides is 2. The van der Waals surface area contributed by atoms with Crippen LogP contribution in [-0.2, 0) is 4.79 Å². The van der Waals surface area contributed by atoms with Crippen molar-refractivity contribution in [1.82, 2.24) is 9.80 Å². The molecule has 0 aromatic carbocycles. The van der Waals surface area contributed by atoms with Gasteiger partial charge in [-0.1, -0.05) is 5.92 Å². The van der Waals surface area contributed by atoms with Crippen molar-refractivity contribution in [1.29, 1.82) is 0 Å². The fourth-order valence-electron chi connectivity index (χ4n) is 2.37. The first-order valence-electron chi connectivity index (χ1n) is 6.34. The summed E-state index contributed by atoms with van der Waals surface area (Å²) >= 11 is 0. The number of nitrogens with zero attached hydrogens (tertiary/aromatic N) is 2. The first-order chi connectivity index (χ1) is 8.95. The second kappa shape index (κ2) is 7.00. The minimum absolute atomic E-state index is 0.0248. The van der Waals surface area contributed by atoms with Gasteiger partial charge in [0.1, 0.15) is 6.54 Å². The van der Waals surface area contributed by atoms with Crippen molar-refractivity contribution in [2.24, 2.45) is 0 Å². The first-order valence-corrected chi connectivity index (χ1v) is 6.34. The summed E-state index contributed by atoms with van der Waals surface area (Å²) in [6, 6.07) is -0.398. The van der Waals surface area contributed by atoms with E-state index in [0.29, 0.717) is 13.0 Å². The lowest BCUT2D eigenvalue weighted by molar-refractivity contribution is -0.137. The monoisotopic (exact) mass is 268 g/mol. The van der Waals surface area contributed by atoms with Gasteiger partial charge in [-0.2, -0.15) is 0 Å². The molecule has 6 nitrogen and oxygen atoms in total. The fourth-order valence-corrected chi connectivity index (χ4v) is 2.37. The molecule has 1 aliphatic heterocycles. The van der Waals surface area contributed by atoms with Crippen molar-refractivity contribution in [2.45, 2.75) is 38.3 Å². The Morgan fingerprint density at radius 3 is 2.79 bits per heavy atom. The van der Waals surface area contributed by atoms with Crippen molar-refractivity contribution in [2.75, 3.05) is 19.6 Å². The van der Waals surface area contributed by atoms with Gasteiger partial charge in [0.15, 0.2) is 0 Å². The Balaban J connectivity index is 2.72.